The monoisotopic (exact) mass is 315 g/mol. The summed E-state index contributed by atoms with van der Waals surface area (Å²) in [6.45, 7) is 6.06. The van der Waals surface area contributed by atoms with Crippen LogP contribution in [-0.4, -0.2) is 19.0 Å². The van der Waals surface area contributed by atoms with Crippen LogP contribution in [0, 0.1) is 5.82 Å². The number of guanidine groups is 1. The summed E-state index contributed by atoms with van der Waals surface area (Å²) >= 11 is 3.33. The van der Waals surface area contributed by atoms with E-state index in [2.05, 4.69) is 38.5 Å². The molecule has 0 spiro atoms. The number of benzene rings is 1. The van der Waals surface area contributed by atoms with Crippen LogP contribution in [0.3, 0.4) is 0 Å². The minimum atomic E-state index is -0.228. The maximum atomic E-state index is 13.5. The van der Waals surface area contributed by atoms with Crippen LogP contribution in [0.15, 0.2) is 27.7 Å². The van der Waals surface area contributed by atoms with Crippen molar-refractivity contribution in [2.45, 2.75) is 26.8 Å². The molecule has 0 bridgehead atoms. The Bertz CT molecular complexity index is 407. The number of hydrogen-bond acceptors (Lipinski definition) is 1. The standard InChI is InChI=1S/C13H19BrFN3/c1-3-7-17-13(16-4-2)18-9-10-8-11(14)5-6-12(10)15/h5-6,8H,3-4,7,9H2,1-2H3,(H2,16,17,18). The molecule has 0 unspecified atom stereocenters. The summed E-state index contributed by atoms with van der Waals surface area (Å²) in [6, 6.07) is 4.88. The highest BCUT2D eigenvalue weighted by Crippen LogP contribution is 2.16. The van der Waals surface area contributed by atoms with E-state index in [9.17, 15) is 4.39 Å². The molecule has 0 aliphatic heterocycles. The third-order valence-corrected chi connectivity index (χ3v) is 2.80. The molecule has 0 saturated carbocycles. The van der Waals surface area contributed by atoms with Crippen LogP contribution in [-0.2, 0) is 6.54 Å². The zero-order valence-corrected chi connectivity index (χ0v) is 12.3. The van der Waals surface area contributed by atoms with E-state index in [1.165, 1.54) is 6.07 Å². The third-order valence-electron chi connectivity index (χ3n) is 2.30. The Labute approximate surface area is 116 Å². The quantitative estimate of drug-likeness (QED) is 0.647. The summed E-state index contributed by atoms with van der Waals surface area (Å²) in [5.74, 6) is 0.493. The zero-order chi connectivity index (χ0) is 13.4. The van der Waals surface area contributed by atoms with E-state index >= 15 is 0 Å². The van der Waals surface area contributed by atoms with E-state index in [0.717, 1.165) is 29.9 Å². The lowest BCUT2D eigenvalue weighted by Gasteiger charge is -2.10. The van der Waals surface area contributed by atoms with E-state index in [1.807, 2.05) is 6.92 Å². The Hall–Kier alpha value is -1.10. The van der Waals surface area contributed by atoms with Gasteiger partial charge in [-0.2, -0.15) is 0 Å². The van der Waals surface area contributed by atoms with Gasteiger partial charge in [-0.3, -0.25) is 0 Å². The zero-order valence-electron chi connectivity index (χ0n) is 10.8. The molecule has 0 heterocycles. The maximum absolute atomic E-state index is 13.5. The fraction of sp³-hybridized carbons (Fsp3) is 0.462. The largest absolute Gasteiger partial charge is 0.357 e. The molecule has 0 fully saturated rings. The van der Waals surface area contributed by atoms with Crippen molar-refractivity contribution in [2.75, 3.05) is 13.1 Å². The second-order valence-corrected chi connectivity index (χ2v) is 4.77. The normalized spacial score (nSPS) is 11.4. The molecule has 5 heteroatoms. The van der Waals surface area contributed by atoms with E-state index in [0.29, 0.717) is 12.1 Å². The van der Waals surface area contributed by atoms with E-state index < -0.39 is 0 Å². The predicted molar refractivity (Wildman–Crippen MR) is 77.2 cm³/mol. The third kappa shape index (κ3) is 5.04. The fourth-order valence-electron chi connectivity index (χ4n) is 1.41. The number of aliphatic imine (C=N–C) groups is 1. The molecule has 0 aliphatic carbocycles. The van der Waals surface area contributed by atoms with Crippen molar-refractivity contribution < 1.29 is 4.39 Å². The van der Waals surface area contributed by atoms with Crippen LogP contribution in [0.4, 0.5) is 4.39 Å². The van der Waals surface area contributed by atoms with Gasteiger partial charge in [0.2, 0.25) is 0 Å². The Morgan fingerprint density at radius 1 is 1.33 bits per heavy atom. The van der Waals surface area contributed by atoms with Crippen molar-refractivity contribution >= 4 is 21.9 Å². The smallest absolute Gasteiger partial charge is 0.191 e. The van der Waals surface area contributed by atoms with Gasteiger partial charge < -0.3 is 10.6 Å². The molecule has 1 aromatic carbocycles. The van der Waals surface area contributed by atoms with Crippen molar-refractivity contribution in [1.82, 2.24) is 10.6 Å². The minimum Gasteiger partial charge on any atom is -0.357 e. The highest BCUT2D eigenvalue weighted by Gasteiger charge is 2.03. The van der Waals surface area contributed by atoms with Crippen molar-refractivity contribution in [3.05, 3.63) is 34.1 Å². The van der Waals surface area contributed by atoms with Crippen LogP contribution in [0.25, 0.3) is 0 Å². The summed E-state index contributed by atoms with van der Waals surface area (Å²) in [6.07, 6.45) is 1.02. The van der Waals surface area contributed by atoms with Crippen molar-refractivity contribution in [2.24, 2.45) is 4.99 Å². The lowest BCUT2D eigenvalue weighted by Crippen LogP contribution is -2.37. The van der Waals surface area contributed by atoms with Gasteiger partial charge in [-0.1, -0.05) is 22.9 Å². The molecule has 0 aromatic heterocycles. The number of nitrogens with zero attached hydrogens (tertiary/aromatic N) is 1. The van der Waals surface area contributed by atoms with Gasteiger partial charge in [-0.15, -0.1) is 0 Å². The number of rotatable bonds is 5. The lowest BCUT2D eigenvalue weighted by atomic mass is 10.2. The van der Waals surface area contributed by atoms with Gasteiger partial charge in [-0.25, -0.2) is 9.38 Å². The Morgan fingerprint density at radius 2 is 2.11 bits per heavy atom. The maximum Gasteiger partial charge on any atom is 0.191 e. The van der Waals surface area contributed by atoms with Crippen LogP contribution in [0.5, 0.6) is 0 Å². The molecule has 18 heavy (non-hydrogen) atoms. The first kappa shape index (κ1) is 15.0. The van der Waals surface area contributed by atoms with Crippen molar-refractivity contribution in [3.8, 4) is 0 Å². The Morgan fingerprint density at radius 3 is 2.78 bits per heavy atom. The average Bonchev–Trinajstić information content (AvgIpc) is 2.36. The molecule has 0 aliphatic rings. The van der Waals surface area contributed by atoms with Gasteiger partial charge in [0.15, 0.2) is 5.96 Å². The summed E-state index contributed by atoms with van der Waals surface area (Å²) in [5, 5.41) is 6.31. The molecular weight excluding hydrogens is 297 g/mol. The molecule has 0 atom stereocenters. The van der Waals surface area contributed by atoms with Gasteiger partial charge in [-0.05, 0) is 31.5 Å². The second kappa shape index (κ2) is 8.08. The van der Waals surface area contributed by atoms with E-state index in [-0.39, 0.29) is 5.82 Å². The summed E-state index contributed by atoms with van der Waals surface area (Å²) in [5.41, 5.74) is 0.582. The summed E-state index contributed by atoms with van der Waals surface area (Å²) in [4.78, 5) is 4.36. The average molecular weight is 316 g/mol. The van der Waals surface area contributed by atoms with Crippen LogP contribution >= 0.6 is 15.9 Å². The summed E-state index contributed by atoms with van der Waals surface area (Å²) in [7, 11) is 0. The number of halogens is 2. The first-order valence-electron chi connectivity index (χ1n) is 6.13. The second-order valence-electron chi connectivity index (χ2n) is 3.86. The van der Waals surface area contributed by atoms with Crippen molar-refractivity contribution in [1.29, 1.82) is 0 Å². The fourth-order valence-corrected chi connectivity index (χ4v) is 1.82. The minimum absolute atomic E-state index is 0.228. The molecule has 2 N–H and O–H groups in total. The molecule has 0 saturated heterocycles. The van der Waals surface area contributed by atoms with Gasteiger partial charge in [0.25, 0.3) is 0 Å². The highest BCUT2D eigenvalue weighted by atomic mass is 79.9. The highest BCUT2D eigenvalue weighted by molar-refractivity contribution is 9.10. The van der Waals surface area contributed by atoms with Crippen molar-refractivity contribution in [3.63, 3.8) is 0 Å². The molecule has 100 valence electrons. The molecular formula is C13H19BrFN3. The Balaban J connectivity index is 2.70. The first-order chi connectivity index (χ1) is 8.67. The first-order valence-corrected chi connectivity index (χ1v) is 6.92. The van der Waals surface area contributed by atoms with Gasteiger partial charge in [0.1, 0.15) is 5.82 Å². The van der Waals surface area contributed by atoms with Crippen LogP contribution in [0.1, 0.15) is 25.8 Å². The molecule has 0 amide bonds. The summed E-state index contributed by atoms with van der Waals surface area (Å²) < 4.78 is 14.4. The lowest BCUT2D eigenvalue weighted by molar-refractivity contribution is 0.610. The van der Waals surface area contributed by atoms with E-state index in [4.69, 9.17) is 0 Å². The number of nitrogens with one attached hydrogen (secondary N) is 2. The van der Waals surface area contributed by atoms with Crippen LogP contribution in [0.2, 0.25) is 0 Å². The topological polar surface area (TPSA) is 36.4 Å². The van der Waals surface area contributed by atoms with Gasteiger partial charge >= 0.3 is 0 Å². The molecule has 3 nitrogen and oxygen atoms in total. The predicted octanol–water partition coefficient (Wildman–Crippen LogP) is 3.05. The SMILES string of the molecule is CCCNC(=NCc1cc(Br)ccc1F)NCC. The molecule has 1 rings (SSSR count). The molecule has 1 aromatic rings. The number of hydrogen-bond donors (Lipinski definition) is 2. The molecule has 0 radical (unpaired) electrons. The van der Waals surface area contributed by atoms with Gasteiger partial charge in [0.05, 0.1) is 6.54 Å². The Kier molecular flexibility index (Phi) is 6.72. The van der Waals surface area contributed by atoms with E-state index in [1.54, 1.807) is 12.1 Å². The van der Waals surface area contributed by atoms with Gasteiger partial charge in [0, 0.05) is 23.1 Å². The van der Waals surface area contributed by atoms with Crippen LogP contribution < -0.4 is 10.6 Å².